The van der Waals surface area contributed by atoms with Crippen molar-refractivity contribution in [3.05, 3.63) is 24.2 Å². The molecule has 2 aliphatic carbocycles. The number of furan rings is 1. The zero-order chi connectivity index (χ0) is 23.1. The first-order valence-corrected chi connectivity index (χ1v) is 11.7. The summed E-state index contributed by atoms with van der Waals surface area (Å²) in [6.45, 7) is 9.70. The molecular weight excluding hydrogens is 412 g/mol. The number of hydrogen-bond donors (Lipinski definition) is 0. The van der Waals surface area contributed by atoms with Gasteiger partial charge in [-0.25, -0.2) is 0 Å². The van der Waals surface area contributed by atoms with Crippen molar-refractivity contribution in [2.75, 3.05) is 0 Å². The van der Waals surface area contributed by atoms with Gasteiger partial charge in [0.1, 0.15) is 23.2 Å². The second-order valence-electron chi connectivity index (χ2n) is 10.7. The van der Waals surface area contributed by atoms with Crippen molar-refractivity contribution >= 4 is 17.9 Å². The molecule has 4 fully saturated rings. The SMILES string of the molecule is CC[C@@H](C)C(=O)O[C@@H]1C[C@@H](C)[C@]2(C[C@H](c3ccoc3)OC2=O)[C@@]23CC[C@@](C)(C(=O)O2)[C@@]13C. The van der Waals surface area contributed by atoms with Crippen LogP contribution in [0.2, 0.25) is 0 Å². The molecule has 7 heteroatoms. The normalized spacial score (nSPS) is 45.5. The van der Waals surface area contributed by atoms with Crippen LogP contribution in [0.5, 0.6) is 0 Å². The van der Waals surface area contributed by atoms with Crippen molar-refractivity contribution in [2.45, 2.75) is 84.5 Å². The van der Waals surface area contributed by atoms with E-state index >= 15 is 0 Å². The van der Waals surface area contributed by atoms with Gasteiger partial charge in [0.25, 0.3) is 0 Å². The van der Waals surface area contributed by atoms with Gasteiger partial charge in [-0.1, -0.05) is 27.7 Å². The number of carbonyl (C=O) groups excluding carboxylic acids is 3. The zero-order valence-electron chi connectivity index (χ0n) is 19.4. The van der Waals surface area contributed by atoms with E-state index < -0.39 is 34.1 Å². The fourth-order valence-electron chi connectivity index (χ4n) is 7.30. The number of esters is 3. The molecular formula is C25H32O7. The van der Waals surface area contributed by atoms with Crippen LogP contribution in [0.15, 0.2) is 23.0 Å². The Labute approximate surface area is 188 Å². The Morgan fingerprint density at radius 1 is 1.25 bits per heavy atom. The molecule has 0 amide bonds. The van der Waals surface area contributed by atoms with Gasteiger partial charge >= 0.3 is 17.9 Å². The van der Waals surface area contributed by atoms with Crippen LogP contribution in [0.4, 0.5) is 0 Å². The average Bonchev–Trinajstić information content (AvgIpc) is 3.49. The molecule has 0 radical (unpaired) electrons. The van der Waals surface area contributed by atoms with Crippen LogP contribution in [0.25, 0.3) is 0 Å². The van der Waals surface area contributed by atoms with Crippen molar-refractivity contribution in [1.29, 1.82) is 0 Å². The lowest BCUT2D eigenvalue weighted by Crippen LogP contribution is -2.69. The summed E-state index contributed by atoms with van der Waals surface area (Å²) in [5.74, 6) is -1.31. The van der Waals surface area contributed by atoms with Gasteiger partial charge in [0.05, 0.1) is 29.3 Å². The molecule has 2 aliphatic heterocycles. The molecule has 174 valence electrons. The summed E-state index contributed by atoms with van der Waals surface area (Å²) >= 11 is 0. The Bertz CT molecular complexity index is 969. The summed E-state index contributed by atoms with van der Waals surface area (Å²) in [6.07, 6.45) is 4.93. The second kappa shape index (κ2) is 6.61. The Kier molecular flexibility index (Phi) is 4.45. The highest BCUT2D eigenvalue weighted by atomic mass is 16.6. The van der Waals surface area contributed by atoms with Crippen molar-refractivity contribution < 1.29 is 33.0 Å². The lowest BCUT2D eigenvalue weighted by Gasteiger charge is -2.58. The largest absolute Gasteiger partial charge is 0.472 e. The molecule has 0 aromatic carbocycles. The van der Waals surface area contributed by atoms with E-state index in [4.69, 9.17) is 18.6 Å². The molecule has 32 heavy (non-hydrogen) atoms. The van der Waals surface area contributed by atoms with Gasteiger partial charge < -0.3 is 18.6 Å². The first-order valence-electron chi connectivity index (χ1n) is 11.7. The summed E-state index contributed by atoms with van der Waals surface area (Å²) in [5.41, 5.74) is -2.91. The van der Waals surface area contributed by atoms with E-state index in [1.54, 1.807) is 18.6 Å². The molecule has 2 saturated carbocycles. The quantitative estimate of drug-likeness (QED) is 0.503. The first kappa shape index (κ1) is 21.5. The van der Waals surface area contributed by atoms with Crippen LogP contribution in [0.3, 0.4) is 0 Å². The number of ether oxygens (including phenoxy) is 3. The second-order valence-corrected chi connectivity index (χ2v) is 10.7. The molecule has 2 saturated heterocycles. The van der Waals surface area contributed by atoms with Crippen LogP contribution in [0.1, 0.15) is 78.4 Å². The lowest BCUT2D eigenvalue weighted by molar-refractivity contribution is -0.233. The Morgan fingerprint density at radius 2 is 2.00 bits per heavy atom. The van der Waals surface area contributed by atoms with Crippen molar-refractivity contribution in [3.8, 4) is 0 Å². The minimum absolute atomic E-state index is 0.192. The molecule has 5 rings (SSSR count). The summed E-state index contributed by atoms with van der Waals surface area (Å²) in [5, 5.41) is 0. The Morgan fingerprint density at radius 3 is 2.62 bits per heavy atom. The Balaban J connectivity index is 1.62. The van der Waals surface area contributed by atoms with Gasteiger partial charge in [-0.05, 0) is 44.6 Å². The van der Waals surface area contributed by atoms with Gasteiger partial charge in [-0.2, -0.15) is 0 Å². The predicted octanol–water partition coefficient (Wildman–Crippen LogP) is 4.35. The maximum atomic E-state index is 13.7. The molecule has 1 aromatic rings. The molecule has 7 nitrogen and oxygen atoms in total. The summed E-state index contributed by atoms with van der Waals surface area (Å²) in [4.78, 5) is 39.8. The van der Waals surface area contributed by atoms with Gasteiger partial charge in [0.2, 0.25) is 0 Å². The third kappa shape index (κ3) is 2.20. The van der Waals surface area contributed by atoms with Gasteiger partial charge in [0, 0.05) is 12.0 Å². The standard InChI is InChI=1S/C25H32O7/c1-6-14(2)19(26)31-18-11-15(3)24(12-17(30-21(24)28)16-7-10-29-13-16)25-9-8-22(4,20(27)32-25)23(18,25)5/h7,10,13-15,17-18H,6,8-9,11-12H2,1-5H3/t14-,15-,17-,18-,22+,23-,24+,25+/m1/s1. The van der Waals surface area contributed by atoms with Crippen LogP contribution >= 0.6 is 0 Å². The number of rotatable bonds is 4. The fraction of sp³-hybridized carbons (Fsp3) is 0.720. The van der Waals surface area contributed by atoms with Crippen molar-refractivity contribution in [1.82, 2.24) is 0 Å². The lowest BCUT2D eigenvalue weighted by atomic mass is 9.45. The average molecular weight is 445 g/mol. The molecule has 1 spiro atoms. The van der Waals surface area contributed by atoms with Crippen LogP contribution < -0.4 is 0 Å². The molecule has 8 atom stereocenters. The molecule has 0 unspecified atom stereocenters. The fourth-order valence-corrected chi connectivity index (χ4v) is 7.30. The Hall–Kier alpha value is -2.31. The third-order valence-corrected chi connectivity index (χ3v) is 9.76. The monoisotopic (exact) mass is 444 g/mol. The van der Waals surface area contributed by atoms with Crippen molar-refractivity contribution in [2.24, 2.45) is 28.1 Å². The molecule has 4 aliphatic rings. The van der Waals surface area contributed by atoms with E-state index in [0.29, 0.717) is 32.1 Å². The van der Waals surface area contributed by atoms with Crippen LogP contribution in [-0.2, 0) is 28.6 Å². The van der Waals surface area contributed by atoms with Gasteiger partial charge in [-0.3, -0.25) is 14.4 Å². The minimum Gasteiger partial charge on any atom is -0.472 e. The zero-order valence-corrected chi connectivity index (χ0v) is 19.4. The summed E-state index contributed by atoms with van der Waals surface area (Å²) in [6, 6.07) is 1.80. The van der Waals surface area contributed by atoms with E-state index in [1.165, 1.54) is 0 Å². The van der Waals surface area contributed by atoms with Crippen molar-refractivity contribution in [3.63, 3.8) is 0 Å². The highest BCUT2D eigenvalue weighted by molar-refractivity contribution is 5.89. The third-order valence-electron chi connectivity index (χ3n) is 9.76. The maximum absolute atomic E-state index is 13.7. The van der Waals surface area contributed by atoms with Crippen LogP contribution in [0, 0.1) is 28.1 Å². The van der Waals surface area contributed by atoms with E-state index in [1.807, 2.05) is 34.6 Å². The first-order chi connectivity index (χ1) is 15.1. The molecule has 2 bridgehead atoms. The van der Waals surface area contributed by atoms with E-state index in [-0.39, 0.29) is 29.7 Å². The smallest absolute Gasteiger partial charge is 0.317 e. The topological polar surface area (TPSA) is 92.0 Å². The van der Waals surface area contributed by atoms with Gasteiger partial charge in [0.15, 0.2) is 0 Å². The van der Waals surface area contributed by atoms with Crippen LogP contribution in [-0.4, -0.2) is 29.6 Å². The molecule has 3 heterocycles. The summed E-state index contributed by atoms with van der Waals surface area (Å²) in [7, 11) is 0. The predicted molar refractivity (Wildman–Crippen MR) is 112 cm³/mol. The van der Waals surface area contributed by atoms with E-state index in [0.717, 1.165) is 5.56 Å². The number of carbonyl (C=O) groups is 3. The molecule has 1 aromatic heterocycles. The highest BCUT2D eigenvalue weighted by Crippen LogP contribution is 2.78. The number of hydrogen-bond acceptors (Lipinski definition) is 7. The minimum atomic E-state index is -1.07. The number of cyclic esters (lactones) is 1. The van der Waals surface area contributed by atoms with E-state index in [2.05, 4.69) is 0 Å². The molecule has 0 N–H and O–H groups in total. The summed E-state index contributed by atoms with van der Waals surface area (Å²) < 4.78 is 23.5. The van der Waals surface area contributed by atoms with E-state index in [9.17, 15) is 14.4 Å². The maximum Gasteiger partial charge on any atom is 0.317 e. The highest BCUT2D eigenvalue weighted by Gasteiger charge is 2.88. The van der Waals surface area contributed by atoms with Gasteiger partial charge in [-0.15, -0.1) is 0 Å².